The van der Waals surface area contributed by atoms with E-state index in [1.54, 1.807) is 0 Å². The van der Waals surface area contributed by atoms with Crippen LogP contribution >= 0.6 is 0 Å². The Balaban J connectivity index is 1.67. The van der Waals surface area contributed by atoms with E-state index in [4.69, 9.17) is 0 Å². The van der Waals surface area contributed by atoms with Crippen molar-refractivity contribution in [3.63, 3.8) is 0 Å². The molecule has 19 heavy (non-hydrogen) atoms. The van der Waals surface area contributed by atoms with Gasteiger partial charge >= 0.3 is 0 Å². The highest BCUT2D eigenvalue weighted by molar-refractivity contribution is 5.57. The molecule has 1 N–H and O–H groups in total. The maximum Gasteiger partial charge on any atom is 0.119 e. The molecule has 3 rings (SSSR count). The zero-order valence-electron chi connectivity index (χ0n) is 11.7. The van der Waals surface area contributed by atoms with Gasteiger partial charge in [0.2, 0.25) is 0 Å². The standard InChI is InChI=1S/C13H24N6/c1-16-8-10-18(11-9-16)19-12-15-3-2-13(19)17-6-4-14-5-7-17/h2-3,12-14H,4-11H2,1H3. The lowest BCUT2D eigenvalue weighted by Gasteiger charge is -2.47. The van der Waals surface area contributed by atoms with Crippen molar-refractivity contribution in [2.45, 2.75) is 6.17 Å². The largest absolute Gasteiger partial charge is 0.314 e. The van der Waals surface area contributed by atoms with Gasteiger partial charge in [-0.3, -0.25) is 9.91 Å². The highest BCUT2D eigenvalue weighted by Gasteiger charge is 2.29. The molecule has 2 saturated heterocycles. The summed E-state index contributed by atoms with van der Waals surface area (Å²) >= 11 is 0. The Labute approximate surface area is 115 Å². The quantitative estimate of drug-likeness (QED) is 0.709. The second-order valence-corrected chi connectivity index (χ2v) is 5.44. The number of nitrogens with zero attached hydrogens (tertiary/aromatic N) is 5. The van der Waals surface area contributed by atoms with Crippen LogP contribution in [0.3, 0.4) is 0 Å². The molecular formula is C13H24N6. The lowest BCUT2D eigenvalue weighted by molar-refractivity contribution is -0.0586. The number of piperazine rings is 2. The number of aliphatic imine (C=N–C) groups is 1. The molecule has 0 radical (unpaired) electrons. The fraction of sp³-hybridized carbons (Fsp3) is 0.769. The van der Waals surface area contributed by atoms with Crippen molar-refractivity contribution in [2.24, 2.45) is 4.99 Å². The molecule has 0 aliphatic carbocycles. The molecule has 0 spiro atoms. The van der Waals surface area contributed by atoms with Crippen LogP contribution in [0.5, 0.6) is 0 Å². The summed E-state index contributed by atoms with van der Waals surface area (Å²) in [5, 5.41) is 8.16. The van der Waals surface area contributed by atoms with Crippen molar-refractivity contribution in [1.82, 2.24) is 25.1 Å². The number of hydrogen-bond donors (Lipinski definition) is 1. The monoisotopic (exact) mass is 264 g/mol. The zero-order valence-corrected chi connectivity index (χ0v) is 11.7. The summed E-state index contributed by atoms with van der Waals surface area (Å²) in [5.41, 5.74) is 0. The molecule has 0 amide bonds. The van der Waals surface area contributed by atoms with Gasteiger partial charge in [0, 0.05) is 58.6 Å². The van der Waals surface area contributed by atoms with Crippen LogP contribution in [0.4, 0.5) is 0 Å². The molecule has 0 aromatic rings. The second-order valence-electron chi connectivity index (χ2n) is 5.44. The molecule has 1 unspecified atom stereocenters. The predicted octanol–water partition coefficient (Wildman–Crippen LogP) is -0.762. The van der Waals surface area contributed by atoms with Crippen molar-refractivity contribution in [3.8, 4) is 0 Å². The van der Waals surface area contributed by atoms with E-state index in [-0.39, 0.29) is 0 Å². The number of rotatable bonds is 2. The van der Waals surface area contributed by atoms with E-state index in [1.165, 1.54) is 0 Å². The maximum absolute atomic E-state index is 4.32. The predicted molar refractivity (Wildman–Crippen MR) is 76.8 cm³/mol. The summed E-state index contributed by atoms with van der Waals surface area (Å²) in [6, 6.07) is 0. The van der Waals surface area contributed by atoms with Gasteiger partial charge in [0.1, 0.15) is 12.5 Å². The van der Waals surface area contributed by atoms with Crippen LogP contribution in [0.1, 0.15) is 0 Å². The minimum absolute atomic E-state index is 0.336. The van der Waals surface area contributed by atoms with Crippen LogP contribution in [0, 0.1) is 0 Å². The zero-order chi connectivity index (χ0) is 13.1. The van der Waals surface area contributed by atoms with Gasteiger partial charge in [0.25, 0.3) is 0 Å². The first kappa shape index (κ1) is 13.1. The lowest BCUT2D eigenvalue weighted by Crippen LogP contribution is -2.61. The van der Waals surface area contributed by atoms with Gasteiger partial charge in [0.15, 0.2) is 0 Å². The van der Waals surface area contributed by atoms with E-state index in [9.17, 15) is 0 Å². The van der Waals surface area contributed by atoms with Gasteiger partial charge in [-0.05, 0) is 13.1 Å². The molecule has 3 heterocycles. The molecular weight excluding hydrogens is 240 g/mol. The average molecular weight is 264 g/mol. The molecule has 0 bridgehead atoms. The molecule has 2 fully saturated rings. The van der Waals surface area contributed by atoms with Crippen LogP contribution in [-0.4, -0.2) is 91.7 Å². The Kier molecular flexibility index (Phi) is 4.12. The molecule has 0 saturated carbocycles. The van der Waals surface area contributed by atoms with E-state index in [0.717, 1.165) is 52.4 Å². The first-order chi connectivity index (χ1) is 9.34. The average Bonchev–Trinajstić information content (AvgIpc) is 2.49. The van der Waals surface area contributed by atoms with Gasteiger partial charge in [-0.25, -0.2) is 10.0 Å². The van der Waals surface area contributed by atoms with Gasteiger partial charge in [-0.15, -0.1) is 0 Å². The highest BCUT2D eigenvalue weighted by Crippen LogP contribution is 2.15. The topological polar surface area (TPSA) is 37.4 Å². The Morgan fingerprint density at radius 1 is 1.05 bits per heavy atom. The first-order valence-corrected chi connectivity index (χ1v) is 7.21. The van der Waals surface area contributed by atoms with Crippen molar-refractivity contribution in [1.29, 1.82) is 0 Å². The molecule has 3 aliphatic heterocycles. The third-order valence-corrected chi connectivity index (χ3v) is 4.13. The van der Waals surface area contributed by atoms with Crippen molar-refractivity contribution in [3.05, 3.63) is 12.3 Å². The number of likely N-dealkylation sites (N-methyl/N-ethyl adjacent to an activating group) is 1. The minimum atomic E-state index is 0.336. The van der Waals surface area contributed by atoms with Gasteiger partial charge < -0.3 is 10.2 Å². The van der Waals surface area contributed by atoms with Crippen LogP contribution in [0.15, 0.2) is 17.3 Å². The second kappa shape index (κ2) is 6.00. The van der Waals surface area contributed by atoms with E-state index < -0.39 is 0 Å². The SMILES string of the molecule is CN1CCN(N2C=NC=CC2N2CCNCC2)CC1. The normalized spacial score (nSPS) is 31.0. The Morgan fingerprint density at radius 2 is 1.79 bits per heavy atom. The summed E-state index contributed by atoms with van der Waals surface area (Å²) < 4.78 is 0. The maximum atomic E-state index is 4.32. The fourth-order valence-corrected chi connectivity index (χ4v) is 2.89. The third-order valence-electron chi connectivity index (χ3n) is 4.13. The molecule has 1 atom stereocenters. The lowest BCUT2D eigenvalue weighted by atomic mass is 10.3. The molecule has 0 aromatic heterocycles. The highest BCUT2D eigenvalue weighted by atomic mass is 15.7. The molecule has 3 aliphatic rings. The number of hydrogen-bond acceptors (Lipinski definition) is 6. The van der Waals surface area contributed by atoms with Gasteiger partial charge in [-0.1, -0.05) is 0 Å². The fourth-order valence-electron chi connectivity index (χ4n) is 2.89. The van der Waals surface area contributed by atoms with E-state index >= 15 is 0 Å². The Hall–Kier alpha value is -0.950. The molecule has 0 aromatic carbocycles. The van der Waals surface area contributed by atoms with Crippen molar-refractivity contribution >= 4 is 6.34 Å². The number of nitrogens with one attached hydrogen (secondary N) is 1. The van der Waals surface area contributed by atoms with Crippen molar-refractivity contribution < 1.29 is 0 Å². The molecule has 6 nitrogen and oxygen atoms in total. The Bertz CT molecular complexity index is 341. The summed E-state index contributed by atoms with van der Waals surface area (Å²) in [6.45, 7) is 8.79. The van der Waals surface area contributed by atoms with Crippen LogP contribution in [0.2, 0.25) is 0 Å². The summed E-state index contributed by atoms with van der Waals surface area (Å²) in [4.78, 5) is 9.23. The van der Waals surface area contributed by atoms with Crippen LogP contribution in [-0.2, 0) is 0 Å². The van der Waals surface area contributed by atoms with Crippen LogP contribution < -0.4 is 5.32 Å². The molecule has 106 valence electrons. The summed E-state index contributed by atoms with van der Waals surface area (Å²) in [5.74, 6) is 0. The van der Waals surface area contributed by atoms with Gasteiger partial charge in [0.05, 0.1) is 0 Å². The smallest absolute Gasteiger partial charge is 0.119 e. The van der Waals surface area contributed by atoms with E-state index in [0.29, 0.717) is 6.17 Å². The molecule has 6 heteroatoms. The summed E-state index contributed by atoms with van der Waals surface area (Å²) in [7, 11) is 2.19. The summed E-state index contributed by atoms with van der Waals surface area (Å²) in [6.07, 6.45) is 6.46. The first-order valence-electron chi connectivity index (χ1n) is 7.21. The van der Waals surface area contributed by atoms with Crippen molar-refractivity contribution in [2.75, 3.05) is 59.4 Å². The van der Waals surface area contributed by atoms with Crippen LogP contribution in [0.25, 0.3) is 0 Å². The van der Waals surface area contributed by atoms with E-state index in [1.807, 2.05) is 12.5 Å². The third kappa shape index (κ3) is 2.97. The Morgan fingerprint density at radius 3 is 2.53 bits per heavy atom. The minimum Gasteiger partial charge on any atom is -0.314 e. The number of hydrazine groups is 1. The van der Waals surface area contributed by atoms with Gasteiger partial charge in [-0.2, -0.15) is 0 Å². The van der Waals surface area contributed by atoms with E-state index in [2.05, 4.69) is 43.3 Å².